The van der Waals surface area contributed by atoms with E-state index in [2.05, 4.69) is 10.6 Å². The van der Waals surface area contributed by atoms with E-state index in [0.717, 1.165) is 11.5 Å². The van der Waals surface area contributed by atoms with Gasteiger partial charge in [0.25, 0.3) is 5.91 Å². The molecule has 106 valence electrons. The zero-order valence-corrected chi connectivity index (χ0v) is 11.9. The molecule has 0 aliphatic carbocycles. The molecule has 0 aliphatic heterocycles. The Labute approximate surface area is 118 Å². The molecule has 0 bridgehead atoms. The molecule has 1 aromatic heterocycles. The molecule has 0 saturated heterocycles. The average Bonchev–Trinajstić information content (AvgIpc) is 2.85. The molecule has 0 aliphatic rings. The highest BCUT2D eigenvalue weighted by atomic mass is 16.3. The van der Waals surface area contributed by atoms with Crippen LogP contribution in [0.3, 0.4) is 0 Å². The Bertz CT molecular complexity index is 619. The summed E-state index contributed by atoms with van der Waals surface area (Å²) in [7, 11) is 1.60. The zero-order valence-electron chi connectivity index (χ0n) is 11.9. The molecule has 5 nitrogen and oxygen atoms in total. The molecule has 20 heavy (non-hydrogen) atoms. The molecule has 2 rings (SSSR count). The highest BCUT2D eigenvalue weighted by Crippen LogP contribution is 2.25. The van der Waals surface area contributed by atoms with E-state index in [-0.39, 0.29) is 11.9 Å². The number of benzene rings is 1. The second kappa shape index (κ2) is 5.69. The van der Waals surface area contributed by atoms with Gasteiger partial charge in [0, 0.05) is 18.4 Å². The SMILES string of the molecule is CNC(=O)c1ccc(N)cc1NC(C)c1ccc(C)o1. The monoisotopic (exact) mass is 273 g/mol. The molecular weight excluding hydrogens is 254 g/mol. The number of anilines is 2. The van der Waals surface area contributed by atoms with E-state index in [4.69, 9.17) is 10.2 Å². The Hall–Kier alpha value is -2.43. The summed E-state index contributed by atoms with van der Waals surface area (Å²) in [4.78, 5) is 11.9. The summed E-state index contributed by atoms with van der Waals surface area (Å²) in [5, 5.41) is 5.88. The highest BCUT2D eigenvalue weighted by Gasteiger charge is 2.15. The number of rotatable bonds is 4. The van der Waals surface area contributed by atoms with Gasteiger partial charge in [-0.2, -0.15) is 0 Å². The smallest absolute Gasteiger partial charge is 0.253 e. The molecular formula is C15H19N3O2. The van der Waals surface area contributed by atoms with Crippen molar-refractivity contribution in [2.75, 3.05) is 18.1 Å². The van der Waals surface area contributed by atoms with E-state index in [1.807, 2.05) is 26.0 Å². The van der Waals surface area contributed by atoms with Gasteiger partial charge in [-0.3, -0.25) is 4.79 Å². The summed E-state index contributed by atoms with van der Waals surface area (Å²) in [5.41, 5.74) is 7.63. The Balaban J connectivity index is 2.28. The second-order valence-corrected chi connectivity index (χ2v) is 4.70. The van der Waals surface area contributed by atoms with Crippen LogP contribution in [-0.4, -0.2) is 13.0 Å². The number of hydrogen-bond donors (Lipinski definition) is 3. The van der Waals surface area contributed by atoms with Gasteiger partial charge in [0.2, 0.25) is 0 Å². The summed E-state index contributed by atoms with van der Waals surface area (Å²) >= 11 is 0. The summed E-state index contributed by atoms with van der Waals surface area (Å²) in [6.45, 7) is 3.86. The molecule has 4 N–H and O–H groups in total. The van der Waals surface area contributed by atoms with Gasteiger partial charge in [0.05, 0.1) is 11.6 Å². The first-order valence-corrected chi connectivity index (χ1v) is 6.45. The van der Waals surface area contributed by atoms with E-state index >= 15 is 0 Å². The minimum atomic E-state index is -0.157. The third kappa shape index (κ3) is 2.93. The van der Waals surface area contributed by atoms with Gasteiger partial charge in [0.15, 0.2) is 0 Å². The molecule has 1 amide bonds. The summed E-state index contributed by atoms with van der Waals surface area (Å²) < 4.78 is 5.58. The van der Waals surface area contributed by atoms with E-state index in [1.54, 1.807) is 25.2 Å². The fraction of sp³-hybridized carbons (Fsp3) is 0.267. The minimum Gasteiger partial charge on any atom is -0.464 e. The van der Waals surface area contributed by atoms with Crippen molar-refractivity contribution in [2.24, 2.45) is 0 Å². The van der Waals surface area contributed by atoms with Crippen molar-refractivity contribution in [3.8, 4) is 0 Å². The molecule has 0 radical (unpaired) electrons. The molecule has 0 spiro atoms. The van der Waals surface area contributed by atoms with Gasteiger partial charge in [0.1, 0.15) is 11.5 Å². The van der Waals surface area contributed by atoms with Crippen LogP contribution < -0.4 is 16.4 Å². The predicted molar refractivity (Wildman–Crippen MR) is 79.7 cm³/mol. The Kier molecular flexibility index (Phi) is 3.98. The van der Waals surface area contributed by atoms with Crippen LogP contribution in [0.4, 0.5) is 11.4 Å². The van der Waals surface area contributed by atoms with Crippen molar-refractivity contribution in [1.29, 1.82) is 0 Å². The maximum Gasteiger partial charge on any atom is 0.253 e. The lowest BCUT2D eigenvalue weighted by Gasteiger charge is -2.16. The normalized spacial score (nSPS) is 11.9. The molecule has 0 fully saturated rings. The quantitative estimate of drug-likeness (QED) is 0.748. The predicted octanol–water partition coefficient (Wildman–Crippen LogP) is 2.70. The van der Waals surface area contributed by atoms with Crippen LogP contribution in [-0.2, 0) is 0 Å². The van der Waals surface area contributed by atoms with E-state index < -0.39 is 0 Å². The molecule has 1 unspecified atom stereocenters. The summed E-state index contributed by atoms with van der Waals surface area (Å²) in [5.74, 6) is 1.51. The molecule has 1 aromatic carbocycles. The van der Waals surface area contributed by atoms with Crippen LogP contribution in [0.15, 0.2) is 34.7 Å². The van der Waals surface area contributed by atoms with Crippen molar-refractivity contribution in [2.45, 2.75) is 19.9 Å². The van der Waals surface area contributed by atoms with Crippen LogP contribution in [0.5, 0.6) is 0 Å². The van der Waals surface area contributed by atoms with Gasteiger partial charge in [-0.15, -0.1) is 0 Å². The number of aryl methyl sites for hydroxylation is 1. The molecule has 0 saturated carbocycles. The van der Waals surface area contributed by atoms with Crippen LogP contribution in [0.25, 0.3) is 0 Å². The molecule has 1 heterocycles. The van der Waals surface area contributed by atoms with Gasteiger partial charge in [-0.05, 0) is 44.2 Å². The zero-order chi connectivity index (χ0) is 14.7. The van der Waals surface area contributed by atoms with Crippen LogP contribution >= 0.6 is 0 Å². The highest BCUT2D eigenvalue weighted by molar-refractivity contribution is 6.00. The van der Waals surface area contributed by atoms with Gasteiger partial charge < -0.3 is 20.8 Å². The van der Waals surface area contributed by atoms with E-state index in [0.29, 0.717) is 16.9 Å². The van der Waals surface area contributed by atoms with Crippen molar-refractivity contribution in [3.63, 3.8) is 0 Å². The Morgan fingerprint density at radius 2 is 2.05 bits per heavy atom. The summed E-state index contributed by atoms with van der Waals surface area (Å²) in [6, 6.07) is 8.92. The fourth-order valence-electron chi connectivity index (χ4n) is 2.00. The molecule has 2 aromatic rings. The standard InChI is InChI=1S/C15H19N3O2/c1-9-4-7-14(20-9)10(2)18-13-8-11(16)5-6-12(13)15(19)17-3/h4-8,10,18H,16H2,1-3H3,(H,17,19). The Morgan fingerprint density at radius 3 is 2.65 bits per heavy atom. The van der Waals surface area contributed by atoms with Crippen LogP contribution in [0.2, 0.25) is 0 Å². The first kappa shape index (κ1) is 14.0. The number of amides is 1. The van der Waals surface area contributed by atoms with E-state index in [9.17, 15) is 4.79 Å². The number of hydrogen-bond acceptors (Lipinski definition) is 4. The first-order valence-electron chi connectivity index (χ1n) is 6.45. The van der Waals surface area contributed by atoms with Gasteiger partial charge in [-0.25, -0.2) is 0 Å². The maximum absolute atomic E-state index is 11.9. The van der Waals surface area contributed by atoms with Crippen molar-refractivity contribution < 1.29 is 9.21 Å². The van der Waals surface area contributed by atoms with Crippen molar-refractivity contribution in [1.82, 2.24) is 5.32 Å². The number of carbonyl (C=O) groups is 1. The Morgan fingerprint density at radius 1 is 1.30 bits per heavy atom. The molecule has 1 atom stereocenters. The largest absolute Gasteiger partial charge is 0.464 e. The van der Waals surface area contributed by atoms with Crippen molar-refractivity contribution >= 4 is 17.3 Å². The number of nitrogens with one attached hydrogen (secondary N) is 2. The lowest BCUT2D eigenvalue weighted by Crippen LogP contribution is -2.20. The lowest BCUT2D eigenvalue weighted by atomic mass is 10.1. The van der Waals surface area contributed by atoms with Crippen LogP contribution in [0.1, 0.15) is 34.8 Å². The number of carbonyl (C=O) groups excluding carboxylic acids is 1. The maximum atomic E-state index is 11.9. The minimum absolute atomic E-state index is 0.0612. The van der Waals surface area contributed by atoms with Gasteiger partial charge >= 0.3 is 0 Å². The average molecular weight is 273 g/mol. The van der Waals surface area contributed by atoms with Crippen molar-refractivity contribution in [3.05, 3.63) is 47.4 Å². The summed E-state index contributed by atoms with van der Waals surface area (Å²) in [6.07, 6.45) is 0. The third-order valence-corrected chi connectivity index (χ3v) is 3.08. The number of nitrogens with two attached hydrogens (primary N) is 1. The fourth-order valence-corrected chi connectivity index (χ4v) is 2.00. The third-order valence-electron chi connectivity index (χ3n) is 3.08. The second-order valence-electron chi connectivity index (χ2n) is 4.70. The van der Waals surface area contributed by atoms with Crippen LogP contribution in [0, 0.1) is 6.92 Å². The lowest BCUT2D eigenvalue weighted by molar-refractivity contribution is 0.0964. The van der Waals surface area contributed by atoms with E-state index in [1.165, 1.54) is 0 Å². The number of furan rings is 1. The molecule has 5 heteroatoms. The number of nitrogen functional groups attached to an aromatic ring is 1. The first-order chi connectivity index (χ1) is 9.51. The topological polar surface area (TPSA) is 80.3 Å². The van der Waals surface area contributed by atoms with Gasteiger partial charge in [-0.1, -0.05) is 0 Å².